The normalized spacial score (nSPS) is 12.5. The first-order valence-corrected chi connectivity index (χ1v) is 13.1. The molecule has 3 aromatic carbocycles. The van der Waals surface area contributed by atoms with Crippen molar-refractivity contribution in [1.29, 1.82) is 0 Å². The van der Waals surface area contributed by atoms with Crippen LogP contribution in [0.1, 0.15) is 41.8 Å². The van der Waals surface area contributed by atoms with E-state index >= 15 is 0 Å². The number of fused-ring (bicyclic) bond motifs is 1. The standard InChI is InChI=1S/C32H30N6O3/c1-4-11-27(33-21(2)3)28-19-23-18-22(16-17-26(23)34-28)30(39)35-29(31-36-37-32(40)41-31)20-38(24-12-7-5-8-13-24)25-14-9-6-10-15-25/h4-19,29,34H,2,20H2,1,3H3,(H,35,39)(H,37,40)/b11-4-,33-27?/t29-/m0/s1. The number of carbonyl (C=O) groups excluding carboxylic acids is 1. The molecule has 1 amide bonds. The van der Waals surface area contributed by atoms with Gasteiger partial charge in [-0.25, -0.2) is 9.89 Å². The lowest BCUT2D eigenvalue weighted by Crippen LogP contribution is -2.36. The monoisotopic (exact) mass is 546 g/mol. The van der Waals surface area contributed by atoms with Crippen molar-refractivity contribution < 1.29 is 9.21 Å². The van der Waals surface area contributed by atoms with Gasteiger partial charge in [0.2, 0.25) is 5.89 Å². The first-order chi connectivity index (χ1) is 19.9. The van der Waals surface area contributed by atoms with E-state index in [1.165, 1.54) is 0 Å². The Labute approximate surface area is 236 Å². The maximum absolute atomic E-state index is 13.6. The molecule has 2 aromatic heterocycles. The van der Waals surface area contributed by atoms with E-state index in [9.17, 15) is 9.59 Å². The molecule has 0 aliphatic carbocycles. The van der Waals surface area contributed by atoms with Crippen LogP contribution in [-0.4, -0.2) is 33.3 Å². The summed E-state index contributed by atoms with van der Waals surface area (Å²) in [6.45, 7) is 7.90. The summed E-state index contributed by atoms with van der Waals surface area (Å²) in [7, 11) is 0. The third-order valence-electron chi connectivity index (χ3n) is 6.35. The molecule has 0 radical (unpaired) electrons. The summed E-state index contributed by atoms with van der Waals surface area (Å²) in [5.41, 5.74) is 5.38. The van der Waals surface area contributed by atoms with E-state index in [1.54, 1.807) is 6.07 Å². The Hall–Kier alpha value is -5.44. The van der Waals surface area contributed by atoms with E-state index in [4.69, 9.17) is 4.42 Å². The number of nitrogens with one attached hydrogen (secondary N) is 3. The van der Waals surface area contributed by atoms with Crippen molar-refractivity contribution in [3.05, 3.63) is 137 Å². The molecule has 0 aliphatic rings. The Bertz CT molecular complexity index is 1740. The van der Waals surface area contributed by atoms with Crippen LogP contribution in [0, 0.1) is 0 Å². The maximum Gasteiger partial charge on any atom is 0.434 e. The number of rotatable bonds is 10. The average molecular weight is 547 g/mol. The van der Waals surface area contributed by atoms with Crippen LogP contribution in [0.2, 0.25) is 0 Å². The molecular formula is C32H30N6O3. The minimum atomic E-state index is -0.747. The van der Waals surface area contributed by atoms with Crippen molar-refractivity contribution in [2.75, 3.05) is 11.4 Å². The number of aromatic nitrogens is 3. The van der Waals surface area contributed by atoms with Crippen molar-refractivity contribution in [2.45, 2.75) is 19.9 Å². The molecule has 9 nitrogen and oxygen atoms in total. The molecule has 1 atom stereocenters. The molecule has 0 saturated carbocycles. The fraction of sp³-hybridized carbons (Fsp3) is 0.125. The topological polar surface area (TPSA) is 119 Å². The predicted octanol–water partition coefficient (Wildman–Crippen LogP) is 6.05. The van der Waals surface area contributed by atoms with Crippen LogP contribution in [0.5, 0.6) is 0 Å². The van der Waals surface area contributed by atoms with Gasteiger partial charge in [0, 0.05) is 33.5 Å². The van der Waals surface area contributed by atoms with E-state index < -0.39 is 11.8 Å². The smallest absolute Gasteiger partial charge is 0.390 e. The molecule has 0 unspecified atom stereocenters. The summed E-state index contributed by atoms with van der Waals surface area (Å²) >= 11 is 0. The van der Waals surface area contributed by atoms with E-state index in [0.29, 0.717) is 11.3 Å². The van der Waals surface area contributed by atoms with Crippen molar-refractivity contribution in [3.63, 3.8) is 0 Å². The SMILES string of the molecule is C=C(C)N=C(/C=C\C)c1cc2cc(C(=O)N[C@@H](CN(c3ccccc3)c3ccccc3)c3n[nH]c(=O)o3)ccc2[nH]1. The third kappa shape index (κ3) is 6.42. The van der Waals surface area contributed by atoms with Gasteiger partial charge in [0.05, 0.1) is 18.0 Å². The molecule has 0 aliphatic heterocycles. The largest absolute Gasteiger partial charge is 0.434 e. The summed E-state index contributed by atoms with van der Waals surface area (Å²) in [5, 5.41) is 10.2. The maximum atomic E-state index is 13.6. The number of hydrogen-bond donors (Lipinski definition) is 3. The average Bonchev–Trinajstić information content (AvgIpc) is 3.61. The van der Waals surface area contributed by atoms with Gasteiger partial charge in [-0.15, -0.1) is 5.10 Å². The van der Waals surface area contributed by atoms with Crippen LogP contribution >= 0.6 is 0 Å². The van der Waals surface area contributed by atoms with Crippen LogP contribution in [0.25, 0.3) is 10.9 Å². The highest BCUT2D eigenvalue weighted by Gasteiger charge is 2.25. The molecule has 0 spiro atoms. The summed E-state index contributed by atoms with van der Waals surface area (Å²) in [4.78, 5) is 35.3. The number of allylic oxidation sites excluding steroid dienone is 3. The highest BCUT2D eigenvalue weighted by Crippen LogP contribution is 2.28. The molecule has 41 heavy (non-hydrogen) atoms. The zero-order valence-corrected chi connectivity index (χ0v) is 22.8. The molecule has 5 aromatic rings. The Morgan fingerprint density at radius 2 is 1.76 bits per heavy atom. The Morgan fingerprint density at radius 1 is 1.07 bits per heavy atom. The highest BCUT2D eigenvalue weighted by atomic mass is 16.4. The first kappa shape index (κ1) is 27.1. The Kier molecular flexibility index (Phi) is 8.05. The van der Waals surface area contributed by atoms with Crippen LogP contribution < -0.4 is 16.0 Å². The number of nitrogens with zero attached hydrogens (tertiary/aromatic N) is 3. The minimum absolute atomic E-state index is 0.0808. The van der Waals surface area contributed by atoms with Crippen LogP contribution in [0.15, 0.2) is 124 Å². The van der Waals surface area contributed by atoms with Gasteiger partial charge < -0.3 is 19.6 Å². The van der Waals surface area contributed by atoms with E-state index in [1.807, 2.05) is 110 Å². The van der Waals surface area contributed by atoms with E-state index in [-0.39, 0.29) is 18.3 Å². The van der Waals surface area contributed by atoms with Crippen LogP contribution in [-0.2, 0) is 0 Å². The summed E-state index contributed by atoms with van der Waals surface area (Å²) in [5.74, 6) is -0.951. The second kappa shape index (κ2) is 12.2. The number of H-pyrrole nitrogens is 2. The number of benzene rings is 3. The number of carbonyl (C=O) groups is 1. The van der Waals surface area contributed by atoms with Gasteiger partial charge in [0.25, 0.3) is 5.91 Å². The predicted molar refractivity (Wildman–Crippen MR) is 162 cm³/mol. The Balaban J connectivity index is 1.46. The third-order valence-corrected chi connectivity index (χ3v) is 6.35. The minimum Gasteiger partial charge on any atom is -0.390 e. The molecule has 2 heterocycles. The van der Waals surface area contributed by atoms with Gasteiger partial charge in [-0.2, -0.15) is 0 Å². The number of aromatic amines is 2. The van der Waals surface area contributed by atoms with Gasteiger partial charge in [-0.3, -0.25) is 9.79 Å². The van der Waals surface area contributed by atoms with Crippen molar-refractivity contribution >= 4 is 33.9 Å². The number of anilines is 2. The van der Waals surface area contributed by atoms with Gasteiger partial charge in [-0.1, -0.05) is 49.1 Å². The molecule has 0 saturated heterocycles. The molecule has 9 heteroatoms. The molecule has 3 N–H and O–H groups in total. The summed E-state index contributed by atoms with van der Waals surface area (Å²) in [6.07, 6.45) is 3.81. The Morgan fingerprint density at radius 3 is 2.34 bits per heavy atom. The molecule has 0 fully saturated rings. The van der Waals surface area contributed by atoms with Crippen LogP contribution in [0.4, 0.5) is 11.4 Å². The van der Waals surface area contributed by atoms with Gasteiger partial charge >= 0.3 is 5.76 Å². The first-order valence-electron chi connectivity index (χ1n) is 13.1. The molecule has 5 rings (SSSR count). The second-order valence-electron chi connectivity index (χ2n) is 9.48. The second-order valence-corrected chi connectivity index (χ2v) is 9.48. The van der Waals surface area contributed by atoms with Gasteiger partial charge in [0.1, 0.15) is 6.04 Å². The number of amides is 1. The fourth-order valence-electron chi connectivity index (χ4n) is 4.54. The quantitative estimate of drug-likeness (QED) is 0.184. The lowest BCUT2D eigenvalue weighted by molar-refractivity contribution is 0.0931. The summed E-state index contributed by atoms with van der Waals surface area (Å²) in [6, 6.07) is 26.1. The lowest BCUT2D eigenvalue weighted by atomic mass is 10.1. The zero-order valence-electron chi connectivity index (χ0n) is 22.8. The highest BCUT2D eigenvalue weighted by molar-refractivity contribution is 6.10. The van der Waals surface area contributed by atoms with Crippen molar-refractivity contribution in [1.82, 2.24) is 20.5 Å². The molecule has 206 valence electrons. The number of aliphatic imine (C=N–C) groups is 1. The van der Waals surface area contributed by atoms with E-state index in [2.05, 4.69) is 32.1 Å². The number of para-hydroxylation sites is 2. The lowest BCUT2D eigenvalue weighted by Gasteiger charge is -2.28. The van der Waals surface area contributed by atoms with E-state index in [0.717, 1.165) is 33.7 Å². The van der Waals surface area contributed by atoms with Crippen molar-refractivity contribution in [3.8, 4) is 0 Å². The number of hydrogen-bond acceptors (Lipinski definition) is 6. The zero-order chi connectivity index (χ0) is 28.8. The van der Waals surface area contributed by atoms with Gasteiger partial charge in [-0.05, 0) is 68.5 Å². The fourth-order valence-corrected chi connectivity index (χ4v) is 4.54. The molecule has 0 bridgehead atoms. The van der Waals surface area contributed by atoms with Crippen LogP contribution in [0.3, 0.4) is 0 Å². The summed E-state index contributed by atoms with van der Waals surface area (Å²) < 4.78 is 5.31. The van der Waals surface area contributed by atoms with Crippen molar-refractivity contribution in [2.24, 2.45) is 4.99 Å². The van der Waals surface area contributed by atoms with Gasteiger partial charge in [0.15, 0.2) is 0 Å². The molecular weight excluding hydrogens is 516 g/mol.